The summed E-state index contributed by atoms with van der Waals surface area (Å²) in [7, 11) is -1.06. The molecule has 1 unspecified atom stereocenters. The van der Waals surface area contributed by atoms with Crippen LogP contribution in [0.15, 0.2) is 62.4 Å². The van der Waals surface area contributed by atoms with Crippen molar-refractivity contribution in [1.82, 2.24) is 0 Å². The standard InChI is InChI=1S/C16H14Br2O2S/c17-13-8-6-12(7-9-13)16(19)5-2-10-21(20)15-4-1-3-14(18)11-15/h1,3-4,6-9,11H,2,5,10H2. The lowest BCUT2D eigenvalue weighted by molar-refractivity contribution is 0.0982. The molecule has 0 aliphatic carbocycles. The van der Waals surface area contributed by atoms with Crippen LogP contribution in [0.25, 0.3) is 0 Å². The van der Waals surface area contributed by atoms with E-state index in [0.717, 1.165) is 13.8 Å². The number of hydrogen-bond donors (Lipinski definition) is 0. The van der Waals surface area contributed by atoms with Gasteiger partial charge in [-0.1, -0.05) is 50.1 Å². The average molecular weight is 430 g/mol. The van der Waals surface area contributed by atoms with Gasteiger partial charge in [-0.3, -0.25) is 9.00 Å². The van der Waals surface area contributed by atoms with Gasteiger partial charge in [0, 0.05) is 31.6 Å². The minimum absolute atomic E-state index is 0.0914. The summed E-state index contributed by atoms with van der Waals surface area (Å²) in [5.41, 5.74) is 0.700. The van der Waals surface area contributed by atoms with Crippen molar-refractivity contribution in [1.29, 1.82) is 0 Å². The number of hydrogen-bond acceptors (Lipinski definition) is 2. The molecule has 0 heterocycles. The second-order valence-electron chi connectivity index (χ2n) is 4.54. The van der Waals surface area contributed by atoms with Crippen LogP contribution in [-0.2, 0) is 10.8 Å². The number of benzene rings is 2. The summed E-state index contributed by atoms with van der Waals surface area (Å²) in [6, 6.07) is 14.8. The van der Waals surface area contributed by atoms with Crippen LogP contribution in [0.2, 0.25) is 0 Å². The molecule has 0 amide bonds. The van der Waals surface area contributed by atoms with Crippen molar-refractivity contribution in [3.05, 3.63) is 63.0 Å². The Labute approximate surface area is 143 Å². The van der Waals surface area contributed by atoms with E-state index in [1.54, 1.807) is 12.1 Å². The minimum Gasteiger partial charge on any atom is -0.294 e. The smallest absolute Gasteiger partial charge is 0.162 e. The Morgan fingerprint density at radius 2 is 1.71 bits per heavy atom. The van der Waals surface area contributed by atoms with Gasteiger partial charge in [0.05, 0.1) is 10.8 Å². The van der Waals surface area contributed by atoms with Crippen LogP contribution in [0.4, 0.5) is 0 Å². The Hall–Kier alpha value is -0.780. The normalized spacial score (nSPS) is 12.1. The highest BCUT2D eigenvalue weighted by atomic mass is 79.9. The highest BCUT2D eigenvalue weighted by Gasteiger charge is 2.08. The predicted octanol–water partition coefficient (Wildman–Crippen LogP) is 4.98. The van der Waals surface area contributed by atoms with Crippen LogP contribution in [-0.4, -0.2) is 15.7 Å². The van der Waals surface area contributed by atoms with Crippen LogP contribution < -0.4 is 0 Å². The molecule has 0 spiro atoms. The molecule has 2 aromatic carbocycles. The summed E-state index contributed by atoms with van der Waals surface area (Å²) in [4.78, 5) is 12.8. The Kier molecular flexibility index (Phi) is 6.33. The molecule has 2 aromatic rings. The van der Waals surface area contributed by atoms with Crippen LogP contribution in [0, 0.1) is 0 Å². The van der Waals surface area contributed by atoms with E-state index in [9.17, 15) is 9.00 Å². The molecule has 2 rings (SSSR count). The lowest BCUT2D eigenvalue weighted by Crippen LogP contribution is -2.04. The molecule has 0 aliphatic rings. The molecular formula is C16H14Br2O2S. The molecular weight excluding hydrogens is 416 g/mol. The lowest BCUT2D eigenvalue weighted by atomic mass is 10.1. The minimum atomic E-state index is -1.06. The van der Waals surface area contributed by atoms with Crippen molar-refractivity contribution in [2.75, 3.05) is 5.75 Å². The summed E-state index contributed by atoms with van der Waals surface area (Å²) >= 11 is 6.71. The van der Waals surface area contributed by atoms with Gasteiger partial charge in [-0.15, -0.1) is 0 Å². The third-order valence-corrected chi connectivity index (χ3v) is 5.42. The first-order valence-corrected chi connectivity index (χ1v) is 9.39. The summed E-state index contributed by atoms with van der Waals surface area (Å²) in [6.07, 6.45) is 1.04. The summed E-state index contributed by atoms with van der Waals surface area (Å²) in [5.74, 6) is 0.590. The number of ketones is 1. The predicted molar refractivity (Wildman–Crippen MR) is 93.1 cm³/mol. The van der Waals surface area contributed by atoms with Gasteiger partial charge in [-0.2, -0.15) is 0 Å². The van der Waals surface area contributed by atoms with Gasteiger partial charge >= 0.3 is 0 Å². The molecule has 0 aromatic heterocycles. The zero-order valence-electron chi connectivity index (χ0n) is 11.2. The zero-order chi connectivity index (χ0) is 15.2. The topological polar surface area (TPSA) is 34.1 Å². The maximum atomic E-state index is 12.1. The van der Waals surface area contributed by atoms with Crippen molar-refractivity contribution >= 4 is 48.4 Å². The van der Waals surface area contributed by atoms with Crippen molar-refractivity contribution in [2.45, 2.75) is 17.7 Å². The van der Waals surface area contributed by atoms with Crippen LogP contribution in [0.5, 0.6) is 0 Å². The highest BCUT2D eigenvalue weighted by Crippen LogP contribution is 2.16. The van der Waals surface area contributed by atoms with E-state index in [2.05, 4.69) is 31.9 Å². The van der Waals surface area contributed by atoms with Crippen LogP contribution in [0.3, 0.4) is 0 Å². The van der Waals surface area contributed by atoms with Crippen molar-refractivity contribution in [2.24, 2.45) is 0 Å². The Morgan fingerprint density at radius 1 is 1.00 bits per heavy atom. The number of carbonyl (C=O) groups is 1. The van der Waals surface area contributed by atoms with Gasteiger partial charge in [0.1, 0.15) is 0 Å². The molecule has 0 saturated carbocycles. The zero-order valence-corrected chi connectivity index (χ0v) is 15.2. The summed E-state index contributed by atoms with van der Waals surface area (Å²) in [6.45, 7) is 0. The first kappa shape index (κ1) is 16.6. The second-order valence-corrected chi connectivity index (χ2v) is 7.94. The fourth-order valence-corrected chi connectivity index (χ4v) is 3.82. The second kappa shape index (κ2) is 8.01. The molecule has 2 nitrogen and oxygen atoms in total. The first-order valence-electron chi connectivity index (χ1n) is 6.49. The number of rotatable bonds is 6. The Morgan fingerprint density at radius 3 is 2.38 bits per heavy atom. The van der Waals surface area contributed by atoms with Crippen molar-refractivity contribution < 1.29 is 9.00 Å². The van der Waals surface area contributed by atoms with Crippen molar-refractivity contribution in [3.63, 3.8) is 0 Å². The molecule has 0 bridgehead atoms. The molecule has 1 atom stereocenters. The van der Waals surface area contributed by atoms with Gasteiger partial charge in [0.15, 0.2) is 5.78 Å². The maximum Gasteiger partial charge on any atom is 0.162 e. The van der Waals surface area contributed by atoms with Gasteiger partial charge in [0.25, 0.3) is 0 Å². The highest BCUT2D eigenvalue weighted by molar-refractivity contribution is 9.10. The largest absolute Gasteiger partial charge is 0.294 e. The molecule has 0 N–H and O–H groups in total. The van der Waals surface area contributed by atoms with Gasteiger partial charge in [-0.25, -0.2) is 0 Å². The molecule has 5 heteroatoms. The summed E-state index contributed by atoms with van der Waals surface area (Å²) < 4.78 is 14.0. The molecule has 0 fully saturated rings. The fourth-order valence-electron chi connectivity index (χ4n) is 1.87. The maximum absolute atomic E-state index is 12.1. The quantitative estimate of drug-likeness (QED) is 0.606. The first-order chi connectivity index (χ1) is 10.1. The SMILES string of the molecule is O=C(CCCS(=O)c1cccc(Br)c1)c1ccc(Br)cc1. The van der Waals surface area contributed by atoms with E-state index >= 15 is 0 Å². The summed E-state index contributed by atoms with van der Waals surface area (Å²) in [5, 5.41) is 0. The van der Waals surface area contributed by atoms with Gasteiger partial charge < -0.3 is 0 Å². The average Bonchev–Trinajstić information content (AvgIpc) is 2.47. The van der Waals surface area contributed by atoms with Gasteiger partial charge in [0.2, 0.25) is 0 Å². The van der Waals surface area contributed by atoms with Crippen LogP contribution >= 0.6 is 31.9 Å². The monoisotopic (exact) mass is 428 g/mol. The van der Waals surface area contributed by atoms with E-state index in [1.165, 1.54) is 0 Å². The van der Waals surface area contributed by atoms with E-state index in [-0.39, 0.29) is 5.78 Å². The molecule has 0 aliphatic heterocycles. The van der Waals surface area contributed by atoms with Gasteiger partial charge in [-0.05, 0) is 36.8 Å². The fraction of sp³-hybridized carbons (Fsp3) is 0.188. The van der Waals surface area contributed by atoms with E-state index in [1.807, 2.05) is 36.4 Å². The third-order valence-electron chi connectivity index (χ3n) is 2.96. The van der Waals surface area contributed by atoms with Crippen LogP contribution in [0.1, 0.15) is 23.2 Å². The number of carbonyl (C=O) groups excluding carboxylic acids is 1. The molecule has 0 radical (unpaired) electrons. The van der Waals surface area contributed by atoms with E-state index in [0.29, 0.717) is 24.2 Å². The molecule has 0 saturated heterocycles. The molecule has 21 heavy (non-hydrogen) atoms. The Balaban J connectivity index is 1.85. The number of Topliss-reactive ketones (excluding diaryl/α,β-unsaturated/α-hetero) is 1. The Bertz CT molecular complexity index is 654. The van der Waals surface area contributed by atoms with Crippen molar-refractivity contribution in [3.8, 4) is 0 Å². The molecule has 110 valence electrons. The third kappa shape index (κ3) is 5.16. The van der Waals surface area contributed by atoms with E-state index in [4.69, 9.17) is 0 Å². The lowest BCUT2D eigenvalue weighted by Gasteiger charge is -2.03. The van der Waals surface area contributed by atoms with E-state index < -0.39 is 10.8 Å². The number of halogens is 2.